The standard InChI is InChI=1S/C28H39N3O6/c1-27(2,3)37-26(36)29-21-14-8-6-4-5-7-13-20-16-28(20,25(34)35)30-23(32)22-15-18-11-9-10-12-19(18)17-31(22)24(21)33/h9-12,20-22H,4-8,13-17H2,1-3H3,(H,29,36)(H,30,32)(H,34,35)/t20-,21?,22?,28-/m1/s1. The van der Waals surface area contributed by atoms with Crippen molar-refractivity contribution in [3.05, 3.63) is 35.4 Å². The molecule has 202 valence electrons. The van der Waals surface area contributed by atoms with Crippen LogP contribution in [0, 0.1) is 5.92 Å². The van der Waals surface area contributed by atoms with Crippen molar-refractivity contribution in [2.75, 3.05) is 0 Å². The molecule has 3 N–H and O–H groups in total. The molecule has 0 radical (unpaired) electrons. The third-order valence-corrected chi connectivity index (χ3v) is 7.70. The van der Waals surface area contributed by atoms with Gasteiger partial charge in [0.1, 0.15) is 23.2 Å². The van der Waals surface area contributed by atoms with Gasteiger partial charge in [0.15, 0.2) is 0 Å². The van der Waals surface area contributed by atoms with Gasteiger partial charge in [-0.3, -0.25) is 9.59 Å². The summed E-state index contributed by atoms with van der Waals surface area (Å²) in [6.07, 6.45) is 5.69. The number of alkyl carbamates (subject to hydrolysis) is 1. The summed E-state index contributed by atoms with van der Waals surface area (Å²) in [4.78, 5) is 53.9. The van der Waals surface area contributed by atoms with E-state index < -0.39 is 41.2 Å². The molecular weight excluding hydrogens is 474 g/mol. The van der Waals surface area contributed by atoms with Crippen LogP contribution < -0.4 is 10.6 Å². The first kappa shape index (κ1) is 26.9. The van der Waals surface area contributed by atoms with Gasteiger partial charge < -0.3 is 25.4 Å². The molecule has 4 atom stereocenters. The van der Waals surface area contributed by atoms with E-state index in [9.17, 15) is 24.3 Å². The van der Waals surface area contributed by atoms with Gasteiger partial charge >= 0.3 is 12.1 Å². The maximum atomic E-state index is 13.9. The zero-order valence-corrected chi connectivity index (χ0v) is 22.0. The van der Waals surface area contributed by atoms with Crippen LogP contribution in [0.1, 0.15) is 83.3 Å². The number of ether oxygens (including phenoxy) is 1. The Balaban J connectivity index is 1.64. The maximum Gasteiger partial charge on any atom is 0.408 e. The van der Waals surface area contributed by atoms with E-state index in [0.717, 1.165) is 49.7 Å². The topological polar surface area (TPSA) is 125 Å². The third kappa shape index (κ3) is 6.25. The molecule has 2 unspecified atom stereocenters. The quantitative estimate of drug-likeness (QED) is 0.556. The molecule has 2 heterocycles. The minimum absolute atomic E-state index is 0.0966. The van der Waals surface area contributed by atoms with E-state index in [0.29, 0.717) is 12.8 Å². The minimum Gasteiger partial charge on any atom is -0.479 e. The summed E-state index contributed by atoms with van der Waals surface area (Å²) in [6, 6.07) is 5.93. The predicted molar refractivity (Wildman–Crippen MR) is 137 cm³/mol. The first-order valence-electron chi connectivity index (χ1n) is 13.4. The number of carboxylic acid groups (broad SMARTS) is 1. The van der Waals surface area contributed by atoms with Crippen molar-refractivity contribution in [2.24, 2.45) is 5.92 Å². The van der Waals surface area contributed by atoms with Gasteiger partial charge in [-0.2, -0.15) is 0 Å². The van der Waals surface area contributed by atoms with Gasteiger partial charge in [-0.1, -0.05) is 56.4 Å². The molecule has 2 fully saturated rings. The highest BCUT2D eigenvalue weighted by Gasteiger charge is 2.61. The Hall–Kier alpha value is -3.10. The molecule has 3 aliphatic rings. The van der Waals surface area contributed by atoms with Crippen molar-refractivity contribution < 1.29 is 29.0 Å². The zero-order chi connectivity index (χ0) is 26.8. The van der Waals surface area contributed by atoms with Crippen LogP contribution in [0.3, 0.4) is 0 Å². The number of hydrogen-bond donors (Lipinski definition) is 3. The summed E-state index contributed by atoms with van der Waals surface area (Å²) in [5, 5.41) is 15.6. The van der Waals surface area contributed by atoms with Crippen LogP contribution in [0.4, 0.5) is 4.79 Å². The second-order valence-corrected chi connectivity index (χ2v) is 11.7. The molecule has 9 nitrogen and oxygen atoms in total. The van der Waals surface area contributed by atoms with Crippen LogP contribution in [-0.4, -0.2) is 57.1 Å². The van der Waals surface area contributed by atoms with E-state index in [1.54, 1.807) is 20.8 Å². The molecule has 1 saturated carbocycles. The first-order valence-corrected chi connectivity index (χ1v) is 13.4. The normalized spacial score (nSPS) is 28.8. The molecule has 1 aromatic rings. The number of amides is 3. The predicted octanol–water partition coefficient (Wildman–Crippen LogP) is 3.54. The Labute approximate surface area is 218 Å². The second kappa shape index (κ2) is 10.7. The van der Waals surface area contributed by atoms with Crippen molar-refractivity contribution >= 4 is 23.9 Å². The summed E-state index contributed by atoms with van der Waals surface area (Å²) in [6.45, 7) is 5.49. The molecule has 3 amide bonds. The van der Waals surface area contributed by atoms with Crippen molar-refractivity contribution in [3.63, 3.8) is 0 Å². The molecule has 4 rings (SSSR count). The number of hydrogen-bond acceptors (Lipinski definition) is 5. The van der Waals surface area contributed by atoms with Gasteiger partial charge in [-0.15, -0.1) is 0 Å². The number of aliphatic carboxylic acids is 1. The first-order chi connectivity index (χ1) is 17.5. The monoisotopic (exact) mass is 513 g/mol. The molecule has 0 spiro atoms. The van der Waals surface area contributed by atoms with Crippen molar-refractivity contribution in [3.8, 4) is 0 Å². The smallest absolute Gasteiger partial charge is 0.408 e. The molecule has 1 aromatic carbocycles. The van der Waals surface area contributed by atoms with Gasteiger partial charge in [0.05, 0.1) is 0 Å². The molecule has 1 saturated heterocycles. The lowest BCUT2D eigenvalue weighted by molar-refractivity contribution is -0.147. The van der Waals surface area contributed by atoms with Crippen molar-refractivity contribution in [1.29, 1.82) is 0 Å². The molecule has 0 bridgehead atoms. The Kier molecular flexibility index (Phi) is 7.80. The Morgan fingerprint density at radius 2 is 1.70 bits per heavy atom. The molecule has 1 aliphatic carbocycles. The number of carbonyl (C=O) groups excluding carboxylic acids is 3. The zero-order valence-electron chi connectivity index (χ0n) is 22.0. The maximum absolute atomic E-state index is 13.9. The molecule has 2 aliphatic heterocycles. The summed E-state index contributed by atoms with van der Waals surface area (Å²) in [5.41, 5.74) is -0.0910. The van der Waals surface area contributed by atoms with E-state index in [-0.39, 0.29) is 24.8 Å². The number of rotatable bonds is 2. The van der Waals surface area contributed by atoms with Crippen LogP contribution in [0.15, 0.2) is 24.3 Å². The van der Waals surface area contributed by atoms with Gasteiger partial charge in [-0.25, -0.2) is 9.59 Å². The molecule has 0 aromatic heterocycles. The van der Waals surface area contributed by atoms with Crippen LogP contribution in [0.5, 0.6) is 0 Å². The van der Waals surface area contributed by atoms with Crippen LogP contribution in [0.2, 0.25) is 0 Å². The Bertz CT molecular complexity index is 1050. The number of benzene rings is 1. The van der Waals surface area contributed by atoms with E-state index in [1.807, 2.05) is 24.3 Å². The number of carbonyl (C=O) groups is 4. The Morgan fingerprint density at radius 1 is 1.05 bits per heavy atom. The average molecular weight is 514 g/mol. The highest BCUT2D eigenvalue weighted by Crippen LogP contribution is 2.47. The second-order valence-electron chi connectivity index (χ2n) is 11.7. The van der Waals surface area contributed by atoms with E-state index in [1.165, 1.54) is 4.90 Å². The average Bonchev–Trinajstić information content (AvgIpc) is 3.53. The van der Waals surface area contributed by atoms with Gasteiger partial charge in [0, 0.05) is 13.0 Å². The number of fused-ring (bicyclic) bond motifs is 3. The van der Waals surface area contributed by atoms with Gasteiger partial charge in [0.25, 0.3) is 0 Å². The molecule has 9 heteroatoms. The SMILES string of the molecule is CC(C)(C)OC(=O)NC1CCCCCCC[C@@H]2C[C@@]2(C(=O)O)NC(=O)C2Cc3ccccc3CN2C1=O. The lowest BCUT2D eigenvalue weighted by Gasteiger charge is -2.38. The number of carboxylic acids is 1. The van der Waals surface area contributed by atoms with Gasteiger partial charge in [0.2, 0.25) is 11.8 Å². The van der Waals surface area contributed by atoms with E-state index >= 15 is 0 Å². The largest absolute Gasteiger partial charge is 0.479 e. The Morgan fingerprint density at radius 3 is 2.38 bits per heavy atom. The van der Waals surface area contributed by atoms with Gasteiger partial charge in [-0.05, 0) is 57.1 Å². The summed E-state index contributed by atoms with van der Waals surface area (Å²) in [5.74, 6) is -1.93. The van der Waals surface area contributed by atoms with Crippen LogP contribution in [-0.2, 0) is 32.1 Å². The fourth-order valence-electron chi connectivity index (χ4n) is 5.62. The lowest BCUT2D eigenvalue weighted by atomic mass is 9.92. The van der Waals surface area contributed by atoms with Crippen molar-refractivity contribution in [1.82, 2.24) is 15.5 Å². The molecular formula is C28H39N3O6. The summed E-state index contributed by atoms with van der Waals surface area (Å²) < 4.78 is 5.42. The van der Waals surface area contributed by atoms with Crippen LogP contribution >= 0.6 is 0 Å². The fourth-order valence-corrected chi connectivity index (χ4v) is 5.62. The van der Waals surface area contributed by atoms with E-state index in [2.05, 4.69) is 10.6 Å². The highest BCUT2D eigenvalue weighted by atomic mass is 16.6. The summed E-state index contributed by atoms with van der Waals surface area (Å²) in [7, 11) is 0. The lowest BCUT2D eigenvalue weighted by Crippen LogP contribution is -2.60. The highest BCUT2D eigenvalue weighted by molar-refractivity contribution is 5.96. The summed E-state index contributed by atoms with van der Waals surface area (Å²) >= 11 is 0. The minimum atomic E-state index is -1.27. The molecule has 37 heavy (non-hydrogen) atoms. The number of nitrogens with one attached hydrogen (secondary N) is 2. The fraction of sp³-hybridized carbons (Fsp3) is 0.643. The third-order valence-electron chi connectivity index (χ3n) is 7.70. The number of nitrogens with zero attached hydrogens (tertiary/aromatic N) is 1. The van der Waals surface area contributed by atoms with Crippen molar-refractivity contribution in [2.45, 2.75) is 108 Å². The van der Waals surface area contributed by atoms with Crippen LogP contribution in [0.25, 0.3) is 0 Å². The van der Waals surface area contributed by atoms with E-state index in [4.69, 9.17) is 4.74 Å².